The van der Waals surface area contributed by atoms with Crippen LogP contribution in [0.3, 0.4) is 0 Å². The van der Waals surface area contributed by atoms with E-state index in [0.29, 0.717) is 6.54 Å². The molecule has 0 bridgehead atoms. The van der Waals surface area contributed by atoms with Crippen LogP contribution in [-0.2, 0) is 6.54 Å². The molecule has 106 valence electrons. The smallest absolute Gasteiger partial charge is 0.133 e. The van der Waals surface area contributed by atoms with E-state index in [9.17, 15) is 0 Å². The maximum Gasteiger partial charge on any atom is 0.133 e. The van der Waals surface area contributed by atoms with E-state index in [1.807, 2.05) is 31.2 Å². The summed E-state index contributed by atoms with van der Waals surface area (Å²) in [6.45, 7) is 3.55. The van der Waals surface area contributed by atoms with Crippen molar-refractivity contribution in [2.45, 2.75) is 13.5 Å². The highest BCUT2D eigenvalue weighted by Crippen LogP contribution is 2.25. The molecule has 0 spiro atoms. The van der Waals surface area contributed by atoms with Crippen LogP contribution in [0.4, 0.5) is 11.6 Å². The third-order valence-corrected chi connectivity index (χ3v) is 3.33. The minimum absolute atomic E-state index is 0.686. The quantitative estimate of drug-likeness (QED) is 0.847. The molecule has 1 heterocycles. The minimum Gasteiger partial charge on any atom is -0.496 e. The van der Waals surface area contributed by atoms with Gasteiger partial charge in [0.1, 0.15) is 23.7 Å². The summed E-state index contributed by atoms with van der Waals surface area (Å²) in [6, 6.07) is 7.87. The van der Waals surface area contributed by atoms with Crippen LogP contribution in [0.5, 0.6) is 5.75 Å². The van der Waals surface area contributed by atoms with Crippen LogP contribution >= 0.6 is 15.9 Å². The number of aromatic nitrogens is 2. The standard InChI is InChI=1S/C14H17BrN4O/c1-3-16-13-7-14(19-9-18-13)17-8-10-4-5-12(20-2)11(15)6-10/h4-7,9H,3,8H2,1-2H3,(H2,16,17,18,19). The maximum atomic E-state index is 5.21. The number of nitrogens with zero attached hydrogens (tertiary/aromatic N) is 2. The molecule has 0 radical (unpaired) electrons. The molecule has 0 aliphatic heterocycles. The van der Waals surface area contributed by atoms with Gasteiger partial charge in [0.15, 0.2) is 0 Å². The van der Waals surface area contributed by atoms with E-state index in [2.05, 4.69) is 36.5 Å². The molecule has 0 aliphatic carbocycles. The molecule has 2 aromatic rings. The van der Waals surface area contributed by atoms with Gasteiger partial charge in [-0.3, -0.25) is 0 Å². The Balaban J connectivity index is 2.01. The van der Waals surface area contributed by atoms with Gasteiger partial charge in [0.2, 0.25) is 0 Å². The molecule has 2 N–H and O–H groups in total. The van der Waals surface area contributed by atoms with Crippen LogP contribution in [0.15, 0.2) is 35.1 Å². The second-order valence-corrected chi connectivity index (χ2v) is 5.00. The highest BCUT2D eigenvalue weighted by Gasteiger charge is 2.02. The fraction of sp³-hybridized carbons (Fsp3) is 0.286. The first-order chi connectivity index (χ1) is 9.72. The SMILES string of the molecule is CCNc1cc(NCc2ccc(OC)c(Br)c2)ncn1. The molecule has 2 rings (SSSR count). The Morgan fingerprint density at radius 2 is 1.90 bits per heavy atom. The van der Waals surface area contributed by atoms with Crippen molar-refractivity contribution >= 4 is 27.6 Å². The summed E-state index contributed by atoms with van der Waals surface area (Å²) in [6.07, 6.45) is 1.55. The molecule has 0 aliphatic rings. The molecule has 0 saturated heterocycles. The van der Waals surface area contributed by atoms with Gasteiger partial charge in [0.25, 0.3) is 0 Å². The molecule has 0 fully saturated rings. The van der Waals surface area contributed by atoms with E-state index in [0.717, 1.165) is 34.0 Å². The number of nitrogens with one attached hydrogen (secondary N) is 2. The van der Waals surface area contributed by atoms with E-state index in [-0.39, 0.29) is 0 Å². The normalized spacial score (nSPS) is 10.2. The fourth-order valence-corrected chi connectivity index (χ4v) is 2.33. The van der Waals surface area contributed by atoms with Crippen molar-refractivity contribution in [1.29, 1.82) is 0 Å². The van der Waals surface area contributed by atoms with Gasteiger partial charge >= 0.3 is 0 Å². The third kappa shape index (κ3) is 3.84. The number of methoxy groups -OCH3 is 1. The molecule has 0 unspecified atom stereocenters. The first-order valence-electron chi connectivity index (χ1n) is 6.35. The van der Waals surface area contributed by atoms with E-state index >= 15 is 0 Å². The molecule has 0 amide bonds. The zero-order valence-corrected chi connectivity index (χ0v) is 13.1. The van der Waals surface area contributed by atoms with Crippen molar-refractivity contribution < 1.29 is 4.74 Å². The van der Waals surface area contributed by atoms with Crippen molar-refractivity contribution in [3.63, 3.8) is 0 Å². The van der Waals surface area contributed by atoms with Gasteiger partial charge in [-0.15, -0.1) is 0 Å². The Morgan fingerprint density at radius 1 is 1.15 bits per heavy atom. The highest BCUT2D eigenvalue weighted by molar-refractivity contribution is 9.10. The van der Waals surface area contributed by atoms with Gasteiger partial charge < -0.3 is 15.4 Å². The Hall–Kier alpha value is -1.82. The van der Waals surface area contributed by atoms with Crippen molar-refractivity contribution in [2.24, 2.45) is 0 Å². The lowest BCUT2D eigenvalue weighted by Gasteiger charge is -2.09. The monoisotopic (exact) mass is 336 g/mol. The van der Waals surface area contributed by atoms with Gasteiger partial charge in [0.05, 0.1) is 11.6 Å². The Morgan fingerprint density at radius 3 is 2.55 bits per heavy atom. The predicted octanol–water partition coefficient (Wildman–Crippen LogP) is 3.29. The molecule has 0 saturated carbocycles. The largest absolute Gasteiger partial charge is 0.496 e. The van der Waals surface area contributed by atoms with Gasteiger partial charge in [0, 0.05) is 19.2 Å². The highest BCUT2D eigenvalue weighted by atomic mass is 79.9. The molecular weight excluding hydrogens is 320 g/mol. The third-order valence-electron chi connectivity index (χ3n) is 2.71. The van der Waals surface area contributed by atoms with Crippen LogP contribution in [0, 0.1) is 0 Å². The molecule has 1 aromatic carbocycles. The lowest BCUT2D eigenvalue weighted by Crippen LogP contribution is -2.04. The number of benzene rings is 1. The summed E-state index contributed by atoms with van der Waals surface area (Å²) in [5, 5.41) is 6.43. The number of ether oxygens (including phenoxy) is 1. The summed E-state index contributed by atoms with van der Waals surface area (Å²) in [5.41, 5.74) is 1.14. The van der Waals surface area contributed by atoms with Crippen molar-refractivity contribution in [1.82, 2.24) is 9.97 Å². The lowest BCUT2D eigenvalue weighted by atomic mass is 10.2. The second-order valence-electron chi connectivity index (χ2n) is 4.14. The Bertz CT molecular complexity index is 577. The van der Waals surface area contributed by atoms with Crippen LogP contribution in [0.25, 0.3) is 0 Å². The van der Waals surface area contributed by atoms with Gasteiger partial charge in [-0.2, -0.15) is 0 Å². The van der Waals surface area contributed by atoms with Crippen molar-refractivity contribution in [3.8, 4) is 5.75 Å². The number of rotatable bonds is 6. The summed E-state index contributed by atoms with van der Waals surface area (Å²) >= 11 is 3.48. The first-order valence-corrected chi connectivity index (χ1v) is 7.14. The zero-order valence-electron chi connectivity index (χ0n) is 11.5. The molecule has 20 heavy (non-hydrogen) atoms. The number of hydrogen-bond donors (Lipinski definition) is 2. The molecule has 1 aromatic heterocycles. The molecular formula is C14H17BrN4O. The van der Waals surface area contributed by atoms with E-state index in [4.69, 9.17) is 4.74 Å². The topological polar surface area (TPSA) is 59.1 Å². The number of anilines is 2. The van der Waals surface area contributed by atoms with Crippen molar-refractivity contribution in [2.75, 3.05) is 24.3 Å². The van der Waals surface area contributed by atoms with Crippen LogP contribution in [0.2, 0.25) is 0 Å². The number of halogens is 1. The Labute approximate surface area is 126 Å². The zero-order chi connectivity index (χ0) is 14.4. The summed E-state index contributed by atoms with van der Waals surface area (Å²) < 4.78 is 6.15. The average molecular weight is 337 g/mol. The van der Waals surface area contributed by atoms with E-state index in [1.165, 1.54) is 0 Å². The van der Waals surface area contributed by atoms with Gasteiger partial charge in [-0.05, 0) is 40.5 Å². The summed E-state index contributed by atoms with van der Waals surface area (Å²) in [5.74, 6) is 2.44. The lowest BCUT2D eigenvalue weighted by molar-refractivity contribution is 0.412. The molecule has 0 atom stereocenters. The Kier molecular flexibility index (Phi) is 5.17. The van der Waals surface area contributed by atoms with Crippen LogP contribution < -0.4 is 15.4 Å². The van der Waals surface area contributed by atoms with Gasteiger partial charge in [-0.25, -0.2) is 9.97 Å². The van der Waals surface area contributed by atoms with E-state index < -0.39 is 0 Å². The summed E-state index contributed by atoms with van der Waals surface area (Å²) in [4.78, 5) is 8.33. The van der Waals surface area contributed by atoms with Crippen LogP contribution in [-0.4, -0.2) is 23.6 Å². The molecule has 5 nitrogen and oxygen atoms in total. The van der Waals surface area contributed by atoms with Crippen LogP contribution in [0.1, 0.15) is 12.5 Å². The van der Waals surface area contributed by atoms with E-state index in [1.54, 1.807) is 13.4 Å². The summed E-state index contributed by atoms with van der Waals surface area (Å²) in [7, 11) is 1.65. The first kappa shape index (κ1) is 14.6. The predicted molar refractivity (Wildman–Crippen MR) is 84.2 cm³/mol. The minimum atomic E-state index is 0.686. The van der Waals surface area contributed by atoms with Crippen molar-refractivity contribution in [3.05, 3.63) is 40.6 Å². The number of hydrogen-bond acceptors (Lipinski definition) is 5. The molecule has 6 heteroatoms. The van der Waals surface area contributed by atoms with Gasteiger partial charge in [-0.1, -0.05) is 6.07 Å². The average Bonchev–Trinajstić information content (AvgIpc) is 2.46. The fourth-order valence-electron chi connectivity index (χ4n) is 1.74. The maximum absolute atomic E-state index is 5.21. The second kappa shape index (κ2) is 7.09.